The number of aromatic nitrogens is 1. The molecule has 20 heavy (non-hydrogen) atoms. The van der Waals surface area contributed by atoms with Crippen LogP contribution in [0, 0.1) is 10.1 Å². The quantitative estimate of drug-likeness (QED) is 0.368. The third kappa shape index (κ3) is 3.73. The smallest absolute Gasteiger partial charge is 0.397 e. The summed E-state index contributed by atoms with van der Waals surface area (Å²) in [6, 6.07) is -0.00109. The van der Waals surface area contributed by atoms with Gasteiger partial charge in [-0.3, -0.25) is 4.79 Å². The fourth-order valence-corrected chi connectivity index (χ4v) is 1.31. The van der Waals surface area contributed by atoms with Crippen molar-refractivity contribution in [1.82, 2.24) is 4.98 Å². The van der Waals surface area contributed by atoms with Gasteiger partial charge in [0.25, 0.3) is 11.7 Å². The van der Waals surface area contributed by atoms with Gasteiger partial charge in [0.2, 0.25) is 11.4 Å². The predicted octanol–water partition coefficient (Wildman–Crippen LogP) is 3.21. The lowest BCUT2D eigenvalue weighted by atomic mass is 10.2. The number of halogens is 6. The molecule has 0 aliphatic rings. The molecule has 0 aliphatic carbocycles. The Morgan fingerprint density at radius 1 is 1.45 bits per heavy atom. The number of rotatable bonds is 4. The zero-order valence-electron chi connectivity index (χ0n) is 8.95. The summed E-state index contributed by atoms with van der Waals surface area (Å²) in [5, 5.41) is 8.94. The summed E-state index contributed by atoms with van der Waals surface area (Å²) >= 11 is 4.89. The number of hydrogen-bond acceptors (Lipinski definition) is 5. The maximum atomic E-state index is 12.6. The molecule has 0 atom stereocenters. The monoisotopic (exact) mass is 320 g/mol. The second-order valence-corrected chi connectivity index (χ2v) is 3.47. The van der Waals surface area contributed by atoms with Crippen LogP contribution in [0.25, 0.3) is 0 Å². The largest absolute Gasteiger partial charge is 0.573 e. The number of nitrogens with zero attached hydrogens (tertiary/aromatic N) is 2. The van der Waals surface area contributed by atoms with Crippen LogP contribution in [0.4, 0.5) is 27.8 Å². The fraction of sp³-hybridized carbons (Fsp3) is 0.250. The Balaban J connectivity index is 3.53. The van der Waals surface area contributed by atoms with Gasteiger partial charge in [-0.1, -0.05) is 0 Å². The lowest BCUT2D eigenvalue weighted by molar-refractivity contribution is -0.393. The minimum atomic E-state index is -5.36. The Bertz CT molecular complexity index is 563. The van der Waals surface area contributed by atoms with Crippen molar-refractivity contribution in [2.24, 2.45) is 0 Å². The van der Waals surface area contributed by atoms with E-state index in [2.05, 4.69) is 9.72 Å². The van der Waals surface area contributed by atoms with E-state index >= 15 is 0 Å². The molecule has 0 bridgehead atoms. The lowest BCUT2D eigenvalue weighted by Gasteiger charge is -2.10. The Hall–Kier alpha value is -2.04. The van der Waals surface area contributed by atoms with Crippen LogP contribution in [0.1, 0.15) is 22.5 Å². The molecule has 1 heterocycles. The van der Waals surface area contributed by atoms with E-state index in [0.29, 0.717) is 0 Å². The van der Waals surface area contributed by atoms with E-state index in [-0.39, 0.29) is 6.07 Å². The van der Waals surface area contributed by atoms with E-state index in [1.807, 2.05) is 0 Å². The normalized spacial score (nSPS) is 11.6. The first-order chi connectivity index (χ1) is 9.03. The van der Waals surface area contributed by atoms with Gasteiger partial charge < -0.3 is 14.9 Å². The van der Waals surface area contributed by atoms with Gasteiger partial charge in [-0.15, -0.1) is 13.2 Å². The molecule has 0 fully saturated rings. The summed E-state index contributed by atoms with van der Waals surface area (Å²) in [6.45, 7) is 0. The Morgan fingerprint density at radius 2 is 2.00 bits per heavy atom. The van der Waals surface area contributed by atoms with Crippen LogP contribution in [-0.4, -0.2) is 21.5 Å². The van der Waals surface area contributed by atoms with Crippen LogP contribution in [0.3, 0.4) is 0 Å². The molecule has 12 heteroatoms. The predicted molar refractivity (Wildman–Crippen MR) is 52.7 cm³/mol. The summed E-state index contributed by atoms with van der Waals surface area (Å²) in [5.74, 6) is -3.13. The zero-order chi connectivity index (χ0) is 15.7. The number of carbonyl (C=O) groups excluding carboxylic acids is 1. The highest BCUT2D eigenvalue weighted by Crippen LogP contribution is 2.35. The van der Waals surface area contributed by atoms with Crippen molar-refractivity contribution in [3.8, 4) is 5.75 Å². The third-order valence-electron chi connectivity index (χ3n) is 1.82. The molecule has 0 unspecified atom stereocenters. The summed E-state index contributed by atoms with van der Waals surface area (Å²) < 4.78 is 64.5. The second kappa shape index (κ2) is 5.53. The number of carbonyl (C=O) groups is 1. The van der Waals surface area contributed by atoms with Crippen LogP contribution in [0.2, 0.25) is 0 Å². The summed E-state index contributed by atoms with van der Waals surface area (Å²) in [6.07, 6.45) is -8.80. The molecule has 0 N–H and O–H groups in total. The molecule has 0 aliphatic heterocycles. The molecule has 0 aromatic carbocycles. The SMILES string of the molecule is O=C(Cl)c1nc([N+](=O)[O-])c(OC(F)(F)F)cc1C(F)F. The van der Waals surface area contributed by atoms with Crippen molar-refractivity contribution in [3.05, 3.63) is 27.4 Å². The first-order valence-corrected chi connectivity index (χ1v) is 4.83. The van der Waals surface area contributed by atoms with Crippen molar-refractivity contribution >= 4 is 22.7 Å². The van der Waals surface area contributed by atoms with E-state index in [9.17, 15) is 36.9 Å². The zero-order valence-corrected chi connectivity index (χ0v) is 9.71. The van der Waals surface area contributed by atoms with Crippen LogP contribution >= 0.6 is 11.6 Å². The molecule has 0 saturated carbocycles. The molecular formula is C8H2ClF5N2O4. The van der Waals surface area contributed by atoms with E-state index in [1.54, 1.807) is 0 Å². The third-order valence-corrected chi connectivity index (χ3v) is 2.00. The molecule has 1 rings (SSSR count). The average molecular weight is 321 g/mol. The maximum Gasteiger partial charge on any atom is 0.573 e. The highest BCUT2D eigenvalue weighted by atomic mass is 35.5. The first-order valence-electron chi connectivity index (χ1n) is 4.46. The Morgan fingerprint density at radius 3 is 2.35 bits per heavy atom. The van der Waals surface area contributed by atoms with E-state index < -0.39 is 45.8 Å². The molecule has 1 aromatic rings. The van der Waals surface area contributed by atoms with Gasteiger partial charge in [0, 0.05) is 6.07 Å². The van der Waals surface area contributed by atoms with Gasteiger partial charge in [0.15, 0.2) is 0 Å². The van der Waals surface area contributed by atoms with Crippen LogP contribution in [0.15, 0.2) is 6.07 Å². The van der Waals surface area contributed by atoms with Crippen molar-refractivity contribution in [2.45, 2.75) is 12.8 Å². The highest BCUT2D eigenvalue weighted by Gasteiger charge is 2.38. The molecule has 1 aromatic heterocycles. The first kappa shape index (κ1) is 16.0. The molecular weight excluding hydrogens is 319 g/mol. The molecule has 0 spiro atoms. The number of nitro groups is 1. The molecule has 110 valence electrons. The fourth-order valence-electron chi connectivity index (χ4n) is 1.15. The summed E-state index contributed by atoms with van der Waals surface area (Å²) in [7, 11) is 0. The molecule has 0 saturated heterocycles. The number of hydrogen-bond donors (Lipinski definition) is 0. The van der Waals surface area contributed by atoms with E-state index in [4.69, 9.17) is 11.6 Å². The van der Waals surface area contributed by atoms with Crippen molar-refractivity contribution < 1.29 is 36.4 Å². The topological polar surface area (TPSA) is 82.3 Å². The van der Waals surface area contributed by atoms with Gasteiger partial charge in [-0.25, -0.2) is 8.78 Å². The standard InChI is InChI=1S/C8H2ClF5N2O4/c9-5(17)4-2(6(10)11)1-3(20-8(12,13)14)7(15-4)16(18)19/h1,6H. The Kier molecular flexibility index (Phi) is 4.43. The van der Waals surface area contributed by atoms with E-state index in [1.165, 1.54) is 0 Å². The molecule has 6 nitrogen and oxygen atoms in total. The average Bonchev–Trinajstić information content (AvgIpc) is 2.25. The Labute approximate surface area is 111 Å². The van der Waals surface area contributed by atoms with Gasteiger partial charge in [-0.05, 0) is 21.5 Å². The maximum absolute atomic E-state index is 12.6. The van der Waals surface area contributed by atoms with E-state index in [0.717, 1.165) is 0 Å². The van der Waals surface area contributed by atoms with Gasteiger partial charge >= 0.3 is 12.2 Å². The summed E-state index contributed by atoms with van der Waals surface area (Å²) in [4.78, 5) is 22.7. The summed E-state index contributed by atoms with van der Waals surface area (Å²) in [5.41, 5.74) is -2.53. The second-order valence-electron chi connectivity index (χ2n) is 3.13. The van der Waals surface area contributed by atoms with Crippen LogP contribution < -0.4 is 4.74 Å². The number of ether oxygens (including phenoxy) is 1. The van der Waals surface area contributed by atoms with Crippen molar-refractivity contribution in [1.29, 1.82) is 0 Å². The van der Waals surface area contributed by atoms with Crippen molar-refractivity contribution in [3.63, 3.8) is 0 Å². The minimum Gasteiger partial charge on any atom is -0.397 e. The lowest BCUT2D eigenvalue weighted by Crippen LogP contribution is -2.19. The van der Waals surface area contributed by atoms with Gasteiger partial charge in [0.05, 0.1) is 5.56 Å². The number of pyridine rings is 1. The minimum absolute atomic E-state index is 0.00109. The van der Waals surface area contributed by atoms with Gasteiger partial charge in [0.1, 0.15) is 0 Å². The molecule has 0 radical (unpaired) electrons. The van der Waals surface area contributed by atoms with Crippen molar-refractivity contribution in [2.75, 3.05) is 0 Å². The highest BCUT2D eigenvalue weighted by molar-refractivity contribution is 6.67. The number of alkyl halides is 5. The molecule has 0 amide bonds. The van der Waals surface area contributed by atoms with Crippen LogP contribution in [0.5, 0.6) is 5.75 Å². The van der Waals surface area contributed by atoms with Gasteiger partial charge in [-0.2, -0.15) is 0 Å². The van der Waals surface area contributed by atoms with Crippen LogP contribution in [-0.2, 0) is 0 Å².